The highest BCUT2D eigenvalue weighted by molar-refractivity contribution is 5.94. The van der Waals surface area contributed by atoms with Crippen LogP contribution in [0.2, 0.25) is 0 Å². The van der Waals surface area contributed by atoms with E-state index in [0.29, 0.717) is 25.3 Å². The Hall–Kier alpha value is -2.21. The van der Waals surface area contributed by atoms with E-state index in [1.54, 1.807) is 10.9 Å². The van der Waals surface area contributed by atoms with Gasteiger partial charge in [0.05, 0.1) is 24.0 Å². The van der Waals surface area contributed by atoms with E-state index in [-0.39, 0.29) is 12.0 Å². The number of rotatable bonds is 3. The first-order valence-electron chi connectivity index (χ1n) is 7.99. The van der Waals surface area contributed by atoms with Crippen LogP contribution in [0.3, 0.4) is 0 Å². The minimum absolute atomic E-state index is 0.0131. The highest BCUT2D eigenvalue weighted by atomic mass is 16.5. The SMILES string of the molecule is CCC1CN(C(=O)c2ccc(-n3nc(C)cc3C)nc2)CCO1. The molecule has 1 amide bonds. The molecule has 0 spiro atoms. The topological polar surface area (TPSA) is 60.2 Å². The van der Waals surface area contributed by atoms with Crippen LogP contribution >= 0.6 is 0 Å². The lowest BCUT2D eigenvalue weighted by atomic mass is 10.2. The minimum Gasteiger partial charge on any atom is -0.375 e. The summed E-state index contributed by atoms with van der Waals surface area (Å²) in [4.78, 5) is 18.8. The number of morpholine rings is 1. The lowest BCUT2D eigenvalue weighted by Crippen LogP contribution is -2.45. The van der Waals surface area contributed by atoms with Gasteiger partial charge in [-0.1, -0.05) is 6.92 Å². The number of hydrogen-bond donors (Lipinski definition) is 0. The number of ether oxygens (including phenoxy) is 1. The van der Waals surface area contributed by atoms with E-state index in [1.807, 2.05) is 36.9 Å². The smallest absolute Gasteiger partial charge is 0.255 e. The second-order valence-electron chi connectivity index (χ2n) is 5.90. The summed E-state index contributed by atoms with van der Waals surface area (Å²) in [6.07, 6.45) is 2.68. The van der Waals surface area contributed by atoms with Crippen LogP contribution < -0.4 is 0 Å². The highest BCUT2D eigenvalue weighted by Crippen LogP contribution is 2.14. The fraction of sp³-hybridized carbons (Fsp3) is 0.471. The van der Waals surface area contributed by atoms with E-state index in [4.69, 9.17) is 4.74 Å². The molecule has 1 atom stereocenters. The first kappa shape index (κ1) is 15.7. The van der Waals surface area contributed by atoms with E-state index >= 15 is 0 Å². The molecule has 1 saturated heterocycles. The van der Waals surface area contributed by atoms with Gasteiger partial charge in [-0.05, 0) is 38.5 Å². The van der Waals surface area contributed by atoms with Gasteiger partial charge >= 0.3 is 0 Å². The molecule has 1 aliphatic rings. The number of hydrogen-bond acceptors (Lipinski definition) is 4. The largest absolute Gasteiger partial charge is 0.375 e. The van der Waals surface area contributed by atoms with Crippen molar-refractivity contribution in [2.45, 2.75) is 33.3 Å². The zero-order valence-electron chi connectivity index (χ0n) is 13.8. The van der Waals surface area contributed by atoms with Crippen LogP contribution in [0.1, 0.15) is 35.1 Å². The number of aromatic nitrogens is 3. The van der Waals surface area contributed by atoms with Crippen molar-refractivity contribution >= 4 is 5.91 Å². The average Bonchev–Trinajstić information content (AvgIpc) is 2.93. The van der Waals surface area contributed by atoms with Gasteiger partial charge in [-0.3, -0.25) is 4.79 Å². The summed E-state index contributed by atoms with van der Waals surface area (Å²) in [6.45, 7) is 7.89. The van der Waals surface area contributed by atoms with Crippen molar-refractivity contribution in [1.29, 1.82) is 0 Å². The summed E-state index contributed by atoms with van der Waals surface area (Å²) >= 11 is 0. The number of amides is 1. The Labute approximate surface area is 136 Å². The molecule has 3 heterocycles. The van der Waals surface area contributed by atoms with Gasteiger partial charge in [-0.15, -0.1) is 0 Å². The van der Waals surface area contributed by atoms with E-state index in [9.17, 15) is 4.79 Å². The molecule has 0 bridgehead atoms. The first-order chi connectivity index (χ1) is 11.1. The third-order valence-corrected chi connectivity index (χ3v) is 4.10. The standard InChI is InChI=1S/C17H22N4O2/c1-4-15-11-20(7-8-23-15)17(22)14-5-6-16(18-10-14)21-13(3)9-12(2)19-21/h5-6,9-10,15H,4,7-8,11H2,1-3H3. The molecule has 6 heteroatoms. The molecule has 0 aliphatic carbocycles. The molecule has 0 aromatic carbocycles. The lowest BCUT2D eigenvalue weighted by Gasteiger charge is -2.32. The van der Waals surface area contributed by atoms with Crippen molar-refractivity contribution in [3.05, 3.63) is 41.3 Å². The van der Waals surface area contributed by atoms with Crippen LogP contribution in [0, 0.1) is 13.8 Å². The summed E-state index contributed by atoms with van der Waals surface area (Å²) in [7, 11) is 0. The Balaban J connectivity index is 1.76. The van der Waals surface area contributed by atoms with Gasteiger partial charge in [0.1, 0.15) is 0 Å². The highest BCUT2D eigenvalue weighted by Gasteiger charge is 2.24. The van der Waals surface area contributed by atoms with Crippen LogP contribution in [0.15, 0.2) is 24.4 Å². The van der Waals surface area contributed by atoms with Crippen LogP contribution in [0.5, 0.6) is 0 Å². The van der Waals surface area contributed by atoms with Crippen molar-refractivity contribution in [3.8, 4) is 5.82 Å². The normalized spacial score (nSPS) is 18.2. The van der Waals surface area contributed by atoms with Crippen molar-refractivity contribution in [1.82, 2.24) is 19.7 Å². The van der Waals surface area contributed by atoms with Gasteiger partial charge < -0.3 is 9.64 Å². The quantitative estimate of drug-likeness (QED) is 0.871. The third kappa shape index (κ3) is 3.27. The summed E-state index contributed by atoms with van der Waals surface area (Å²) < 4.78 is 7.40. The van der Waals surface area contributed by atoms with Gasteiger partial charge in [0.2, 0.25) is 0 Å². The van der Waals surface area contributed by atoms with Crippen LogP contribution in [0.25, 0.3) is 5.82 Å². The van der Waals surface area contributed by atoms with Gasteiger partial charge in [-0.2, -0.15) is 5.10 Å². The Morgan fingerprint density at radius 1 is 1.39 bits per heavy atom. The predicted molar refractivity (Wildman–Crippen MR) is 86.8 cm³/mol. The fourth-order valence-electron chi connectivity index (χ4n) is 2.83. The van der Waals surface area contributed by atoms with E-state index in [2.05, 4.69) is 17.0 Å². The molecule has 1 unspecified atom stereocenters. The molecule has 6 nitrogen and oxygen atoms in total. The van der Waals surface area contributed by atoms with Crippen molar-refractivity contribution in [2.24, 2.45) is 0 Å². The molecule has 2 aromatic heterocycles. The predicted octanol–water partition coefficient (Wildman–Crippen LogP) is 2.14. The van der Waals surface area contributed by atoms with Crippen molar-refractivity contribution < 1.29 is 9.53 Å². The third-order valence-electron chi connectivity index (χ3n) is 4.10. The number of nitrogens with zero attached hydrogens (tertiary/aromatic N) is 4. The Bertz CT molecular complexity index is 693. The summed E-state index contributed by atoms with van der Waals surface area (Å²) in [5.74, 6) is 0.736. The van der Waals surface area contributed by atoms with Crippen molar-refractivity contribution in [3.63, 3.8) is 0 Å². The second-order valence-corrected chi connectivity index (χ2v) is 5.90. The molecular formula is C17H22N4O2. The maximum absolute atomic E-state index is 12.6. The first-order valence-corrected chi connectivity index (χ1v) is 7.99. The number of pyridine rings is 1. The average molecular weight is 314 g/mol. The Morgan fingerprint density at radius 3 is 2.83 bits per heavy atom. The number of carbonyl (C=O) groups excluding carboxylic acids is 1. The van der Waals surface area contributed by atoms with E-state index in [0.717, 1.165) is 23.6 Å². The maximum Gasteiger partial charge on any atom is 0.255 e. The fourth-order valence-corrected chi connectivity index (χ4v) is 2.83. The lowest BCUT2D eigenvalue weighted by molar-refractivity contribution is -0.0226. The Kier molecular flexibility index (Phi) is 4.43. The summed E-state index contributed by atoms with van der Waals surface area (Å²) in [5, 5.41) is 4.41. The molecule has 0 N–H and O–H groups in total. The van der Waals surface area contributed by atoms with Gasteiger partial charge in [0, 0.05) is 25.0 Å². The van der Waals surface area contributed by atoms with E-state index in [1.165, 1.54) is 0 Å². The molecule has 3 rings (SSSR count). The van der Waals surface area contributed by atoms with Crippen LogP contribution in [0.4, 0.5) is 0 Å². The molecule has 1 fully saturated rings. The van der Waals surface area contributed by atoms with Crippen molar-refractivity contribution in [2.75, 3.05) is 19.7 Å². The zero-order valence-corrected chi connectivity index (χ0v) is 13.8. The maximum atomic E-state index is 12.6. The zero-order chi connectivity index (χ0) is 16.4. The minimum atomic E-state index is 0.0131. The molecule has 122 valence electrons. The van der Waals surface area contributed by atoms with Gasteiger partial charge in [-0.25, -0.2) is 9.67 Å². The molecule has 23 heavy (non-hydrogen) atoms. The van der Waals surface area contributed by atoms with E-state index < -0.39 is 0 Å². The molecule has 2 aromatic rings. The van der Waals surface area contributed by atoms with Gasteiger partial charge in [0.25, 0.3) is 5.91 Å². The van der Waals surface area contributed by atoms with Crippen LogP contribution in [-0.4, -0.2) is 51.4 Å². The number of aryl methyl sites for hydroxylation is 2. The number of carbonyl (C=O) groups is 1. The monoisotopic (exact) mass is 314 g/mol. The molecule has 1 aliphatic heterocycles. The van der Waals surface area contributed by atoms with Gasteiger partial charge in [0.15, 0.2) is 5.82 Å². The Morgan fingerprint density at radius 2 is 2.22 bits per heavy atom. The van der Waals surface area contributed by atoms with Crippen LogP contribution in [-0.2, 0) is 4.74 Å². The summed E-state index contributed by atoms with van der Waals surface area (Å²) in [5.41, 5.74) is 2.57. The second kappa shape index (κ2) is 6.50. The molecular weight excluding hydrogens is 292 g/mol. The molecule has 0 saturated carbocycles. The molecule has 0 radical (unpaired) electrons. The summed E-state index contributed by atoms with van der Waals surface area (Å²) in [6, 6.07) is 5.65.